The molecular weight excluding hydrogens is 700 g/mol. The van der Waals surface area contributed by atoms with Gasteiger partial charge < -0.3 is 4.43 Å². The molecule has 0 N–H and O–H groups in total. The third-order valence-corrected chi connectivity index (χ3v) is 18.5. The Bertz CT molecular complexity index is 1400. The summed E-state index contributed by atoms with van der Waals surface area (Å²) in [5, 5.41) is 3.92. The molecule has 0 aromatic heterocycles. The van der Waals surface area contributed by atoms with E-state index in [1.807, 2.05) is 24.3 Å². The van der Waals surface area contributed by atoms with E-state index in [0.29, 0.717) is 23.4 Å². The van der Waals surface area contributed by atoms with E-state index in [9.17, 15) is 0 Å². The van der Waals surface area contributed by atoms with Gasteiger partial charge in [-0.1, -0.05) is 129 Å². The van der Waals surface area contributed by atoms with Crippen molar-refractivity contribution in [3.8, 4) is 5.75 Å². The maximum atomic E-state index is 15.9. The number of para-hydroxylation sites is 1. The molecule has 0 bridgehead atoms. The van der Waals surface area contributed by atoms with Gasteiger partial charge in [0.25, 0.3) is 0 Å². The minimum atomic E-state index is -2.14. The molecule has 4 aromatic carbocycles. The molecule has 1 aliphatic heterocycles. The highest BCUT2D eigenvalue weighted by Gasteiger charge is 2.43. The normalized spacial score (nSPS) is 19.6. The van der Waals surface area contributed by atoms with Crippen LogP contribution < -0.4 is 20.3 Å². The number of hydrogen-bond acceptors (Lipinski definition) is 1. The minimum Gasteiger partial charge on any atom is -0.543 e. The van der Waals surface area contributed by atoms with E-state index in [-0.39, 0.29) is 29.0 Å². The molecule has 5 rings (SSSR count). The van der Waals surface area contributed by atoms with Crippen LogP contribution in [0.4, 0.5) is 8.78 Å². The predicted octanol–water partition coefficient (Wildman–Crippen LogP) is 9.50. The van der Waals surface area contributed by atoms with Crippen LogP contribution in [0.25, 0.3) is 0 Å². The lowest BCUT2D eigenvalue weighted by atomic mass is 9.90. The molecular formula is C36H43F2IOPSi2. The van der Waals surface area contributed by atoms with Gasteiger partial charge in [0.1, 0.15) is 18.1 Å². The second-order valence-corrected chi connectivity index (χ2v) is 22.6. The molecule has 1 fully saturated rings. The van der Waals surface area contributed by atoms with E-state index in [1.165, 1.54) is 21.5 Å². The summed E-state index contributed by atoms with van der Waals surface area (Å²) >= 11 is 0. The van der Waals surface area contributed by atoms with E-state index < -0.39 is 43.3 Å². The first-order chi connectivity index (χ1) is 20.0. The molecule has 2 atom stereocenters. The van der Waals surface area contributed by atoms with Crippen molar-refractivity contribution in [2.45, 2.75) is 75.3 Å². The van der Waals surface area contributed by atoms with Crippen LogP contribution in [0.1, 0.15) is 37.8 Å². The SMILES string of the molecule is CC(C)(C)[Si](C)(C)Oc1ccccc1C1C(F)C[Si](Cc2ccc(P(c3ccccc3)c3ccccc3)cc2)CC1F.I. The summed E-state index contributed by atoms with van der Waals surface area (Å²) in [7, 11) is -4.03. The van der Waals surface area contributed by atoms with Crippen molar-refractivity contribution in [1.82, 2.24) is 0 Å². The molecule has 1 heterocycles. The molecule has 1 saturated heterocycles. The van der Waals surface area contributed by atoms with E-state index in [4.69, 9.17) is 4.43 Å². The van der Waals surface area contributed by atoms with Crippen molar-refractivity contribution >= 4 is 64.9 Å². The molecule has 4 aromatic rings. The van der Waals surface area contributed by atoms with Gasteiger partial charge in [-0.05, 0) is 66.2 Å². The summed E-state index contributed by atoms with van der Waals surface area (Å²) < 4.78 is 38.3. The quantitative estimate of drug-likeness (QED) is 0.0994. The van der Waals surface area contributed by atoms with Gasteiger partial charge in [0.05, 0.1) is 8.80 Å². The lowest BCUT2D eigenvalue weighted by Gasteiger charge is -2.39. The topological polar surface area (TPSA) is 9.23 Å². The number of hydrogen-bond donors (Lipinski definition) is 0. The highest BCUT2D eigenvalue weighted by Crippen LogP contribution is 2.45. The maximum absolute atomic E-state index is 15.9. The largest absolute Gasteiger partial charge is 0.543 e. The van der Waals surface area contributed by atoms with Crippen molar-refractivity contribution in [2.24, 2.45) is 0 Å². The van der Waals surface area contributed by atoms with Crippen LogP contribution in [0.2, 0.25) is 30.2 Å². The van der Waals surface area contributed by atoms with Gasteiger partial charge in [-0.15, -0.1) is 24.0 Å². The highest BCUT2D eigenvalue weighted by molar-refractivity contribution is 14.0. The molecule has 1 nitrogen and oxygen atoms in total. The van der Waals surface area contributed by atoms with Crippen LogP contribution in [-0.4, -0.2) is 29.5 Å². The van der Waals surface area contributed by atoms with E-state index >= 15 is 8.78 Å². The molecule has 0 aliphatic carbocycles. The molecule has 0 spiro atoms. The number of benzene rings is 4. The summed E-state index contributed by atoms with van der Waals surface area (Å²) in [4.78, 5) is 0. The monoisotopic (exact) mass is 743 g/mol. The molecule has 1 radical (unpaired) electrons. The van der Waals surface area contributed by atoms with Gasteiger partial charge >= 0.3 is 0 Å². The Morgan fingerprint density at radius 3 is 1.70 bits per heavy atom. The minimum absolute atomic E-state index is 0. The predicted molar refractivity (Wildman–Crippen MR) is 196 cm³/mol. The lowest BCUT2D eigenvalue weighted by molar-refractivity contribution is 0.189. The van der Waals surface area contributed by atoms with E-state index in [2.05, 4.69) is 119 Å². The zero-order valence-electron chi connectivity index (χ0n) is 25.8. The first-order valence-corrected chi connectivity index (χ1v) is 21.3. The van der Waals surface area contributed by atoms with Gasteiger partial charge in [-0.2, -0.15) is 0 Å². The number of rotatable bonds is 8. The zero-order valence-corrected chi connectivity index (χ0v) is 31.0. The zero-order chi connectivity index (χ0) is 29.9. The number of halogens is 3. The molecule has 2 unspecified atom stereocenters. The van der Waals surface area contributed by atoms with E-state index in [0.717, 1.165) is 6.04 Å². The van der Waals surface area contributed by atoms with Crippen LogP contribution >= 0.6 is 31.9 Å². The van der Waals surface area contributed by atoms with Gasteiger partial charge in [0, 0.05) is 11.5 Å². The Kier molecular flexibility index (Phi) is 11.5. The van der Waals surface area contributed by atoms with Crippen molar-refractivity contribution in [1.29, 1.82) is 0 Å². The first-order valence-electron chi connectivity index (χ1n) is 14.9. The van der Waals surface area contributed by atoms with Crippen molar-refractivity contribution < 1.29 is 13.2 Å². The van der Waals surface area contributed by atoms with Crippen LogP contribution in [0.3, 0.4) is 0 Å². The molecule has 0 saturated carbocycles. The fourth-order valence-electron chi connectivity index (χ4n) is 5.58. The van der Waals surface area contributed by atoms with Crippen LogP contribution in [0.15, 0.2) is 109 Å². The Balaban J connectivity index is 0.00000423. The summed E-state index contributed by atoms with van der Waals surface area (Å²) in [5.74, 6) is -0.0959. The Morgan fingerprint density at radius 2 is 1.19 bits per heavy atom. The second kappa shape index (κ2) is 14.5. The maximum Gasteiger partial charge on any atom is 0.250 e. The molecule has 7 heteroatoms. The second-order valence-electron chi connectivity index (χ2n) is 13.0. The molecule has 0 amide bonds. The fourth-order valence-corrected chi connectivity index (χ4v) is 11.8. The average Bonchev–Trinajstić information content (AvgIpc) is 2.95. The Labute approximate surface area is 278 Å². The van der Waals surface area contributed by atoms with E-state index in [1.54, 1.807) is 0 Å². The smallest absolute Gasteiger partial charge is 0.250 e. The molecule has 227 valence electrons. The van der Waals surface area contributed by atoms with Crippen molar-refractivity contribution in [3.05, 3.63) is 120 Å². The first kappa shape index (κ1) is 34.0. The van der Waals surface area contributed by atoms with Gasteiger partial charge in [-0.25, -0.2) is 8.78 Å². The number of alkyl halides is 2. The Hall–Kier alpha value is -1.87. The van der Waals surface area contributed by atoms with Crippen molar-refractivity contribution in [2.75, 3.05) is 0 Å². The highest BCUT2D eigenvalue weighted by atomic mass is 127. The standard InChI is InChI=1S/C36H42F2OPSi2.HI/c1-36(2,3)42(4,5)39-34-19-13-12-18-31(34)35-32(37)25-41(26-33(35)38)24-27-20-22-30(23-21-27)40(28-14-8-6-9-15-28)29-16-10-7-11-17-29;/h6-23,32-33,35H,24-26H2,1-5H3;1H. The van der Waals surface area contributed by atoms with Crippen LogP contribution in [0.5, 0.6) is 5.75 Å². The van der Waals surface area contributed by atoms with Crippen LogP contribution in [0, 0.1) is 0 Å². The average molecular weight is 744 g/mol. The third kappa shape index (κ3) is 8.05. The molecule has 43 heavy (non-hydrogen) atoms. The Morgan fingerprint density at radius 1 is 0.721 bits per heavy atom. The van der Waals surface area contributed by atoms with Gasteiger partial charge in [0.2, 0.25) is 8.32 Å². The fraction of sp³-hybridized carbons (Fsp3) is 0.333. The molecule has 1 aliphatic rings. The third-order valence-electron chi connectivity index (χ3n) is 8.87. The van der Waals surface area contributed by atoms with Crippen molar-refractivity contribution in [3.63, 3.8) is 0 Å². The van der Waals surface area contributed by atoms with Gasteiger partial charge in [0.15, 0.2) is 0 Å². The summed E-state index contributed by atoms with van der Waals surface area (Å²) in [6.45, 7) is 10.9. The summed E-state index contributed by atoms with van der Waals surface area (Å²) in [5.41, 5.74) is 1.88. The lowest BCUT2D eigenvalue weighted by Crippen LogP contribution is -2.44. The van der Waals surface area contributed by atoms with Gasteiger partial charge in [-0.3, -0.25) is 0 Å². The van der Waals surface area contributed by atoms with Crippen LogP contribution in [-0.2, 0) is 6.04 Å². The summed E-state index contributed by atoms with van der Waals surface area (Å²) in [6.07, 6.45) is -2.40. The summed E-state index contributed by atoms with van der Waals surface area (Å²) in [6, 6.07) is 39.4.